The summed E-state index contributed by atoms with van der Waals surface area (Å²) in [5, 5.41) is 6.39. The Labute approximate surface area is 102 Å². The van der Waals surface area contributed by atoms with E-state index in [0.717, 1.165) is 26.2 Å². The Bertz CT molecular complexity index is 61.5. The Morgan fingerprint density at radius 1 is 0.750 bits per heavy atom. The Morgan fingerprint density at radius 2 is 1.17 bits per heavy atom. The summed E-state index contributed by atoms with van der Waals surface area (Å²) in [6, 6.07) is 0. The maximum absolute atomic E-state index is 3.70. The number of unbranched alkanes of at least 4 members (excludes halogenated alkanes) is 2. The molecule has 0 aliphatic rings. The van der Waals surface area contributed by atoms with Gasteiger partial charge in [-0.3, -0.25) is 0 Å². The van der Waals surface area contributed by atoms with Gasteiger partial charge in [-0.1, -0.05) is 6.42 Å². The molecule has 0 bridgehead atoms. The van der Waals surface area contributed by atoms with Gasteiger partial charge in [-0.15, -0.1) is 13.1 Å². The van der Waals surface area contributed by atoms with Crippen LogP contribution in [0.2, 0.25) is 0 Å². The fourth-order valence-corrected chi connectivity index (χ4v) is 0.927. The van der Waals surface area contributed by atoms with Crippen LogP contribution in [0.15, 0.2) is 0 Å². The van der Waals surface area contributed by atoms with Crippen molar-refractivity contribution in [3.63, 3.8) is 0 Å². The van der Waals surface area contributed by atoms with Crippen LogP contribution in [0.4, 0.5) is 0 Å². The molecule has 12 heavy (non-hydrogen) atoms. The first kappa shape index (κ1) is 15.5. The first-order valence-corrected chi connectivity index (χ1v) is 4.41. The van der Waals surface area contributed by atoms with E-state index in [-0.39, 0.29) is 32.7 Å². The maximum Gasteiger partial charge on any atom is 0 e. The monoisotopic (exact) mass is 245 g/mol. The zero-order valence-electron chi connectivity index (χ0n) is 7.94. The van der Waals surface area contributed by atoms with Crippen molar-refractivity contribution < 1.29 is 32.7 Å². The van der Waals surface area contributed by atoms with E-state index in [9.17, 15) is 0 Å². The molecule has 0 saturated heterocycles. The molecule has 1 radical (unpaired) electrons. The van der Waals surface area contributed by atoms with E-state index in [4.69, 9.17) is 0 Å². The molecule has 0 aromatic rings. The van der Waals surface area contributed by atoms with Crippen LogP contribution in [0.1, 0.15) is 19.3 Å². The van der Waals surface area contributed by atoms with E-state index < -0.39 is 0 Å². The molecule has 2 N–H and O–H groups in total. The number of rotatable bonds is 8. The van der Waals surface area contributed by atoms with Gasteiger partial charge in [0.15, 0.2) is 0 Å². The molecule has 0 rings (SSSR count). The third-order valence-corrected chi connectivity index (χ3v) is 1.56. The predicted molar refractivity (Wildman–Crippen MR) is 50.3 cm³/mol. The minimum Gasteiger partial charge on any atom is -0.346 e. The van der Waals surface area contributed by atoms with E-state index in [1.807, 2.05) is 0 Å². The minimum absolute atomic E-state index is 0. The van der Waals surface area contributed by atoms with Crippen molar-refractivity contribution in [2.75, 3.05) is 26.2 Å². The molecule has 0 amide bonds. The Balaban J connectivity index is 0. The van der Waals surface area contributed by atoms with E-state index in [0.29, 0.717) is 0 Å². The van der Waals surface area contributed by atoms with Gasteiger partial charge in [-0.05, 0) is 25.9 Å². The van der Waals surface area contributed by atoms with Crippen LogP contribution in [0.5, 0.6) is 0 Å². The molecule has 3 heteroatoms. The third kappa shape index (κ3) is 13.6. The SMILES string of the molecule is [CH2-]CNCCCCCNC[CH2-].[Y]. The normalized spacial score (nSPS) is 9.50. The topological polar surface area (TPSA) is 24.1 Å². The number of hydrogen-bond donors (Lipinski definition) is 2. The second-order valence-electron chi connectivity index (χ2n) is 2.56. The molecule has 0 aliphatic heterocycles. The molecule has 2 nitrogen and oxygen atoms in total. The van der Waals surface area contributed by atoms with E-state index in [2.05, 4.69) is 24.5 Å². The molecule has 0 aromatic carbocycles. The Kier molecular flexibility index (Phi) is 18.8. The van der Waals surface area contributed by atoms with Gasteiger partial charge in [-0.25, -0.2) is 0 Å². The van der Waals surface area contributed by atoms with Crippen LogP contribution in [-0.2, 0) is 32.7 Å². The fourth-order valence-electron chi connectivity index (χ4n) is 0.927. The molecule has 0 spiro atoms. The standard InChI is InChI=1S/C9H20N2.Y/c1-3-10-8-6-5-7-9-11-4-2;/h10-11H,1-9H2;/q-2;. The van der Waals surface area contributed by atoms with Gasteiger partial charge in [0.2, 0.25) is 0 Å². The number of nitrogens with one attached hydrogen (secondary N) is 2. The predicted octanol–water partition coefficient (Wildman–Crippen LogP) is 1.00. The summed E-state index contributed by atoms with van der Waals surface area (Å²) in [5.74, 6) is 0. The maximum atomic E-state index is 3.70. The van der Waals surface area contributed by atoms with Crippen molar-refractivity contribution in [2.24, 2.45) is 0 Å². The molecule has 0 unspecified atom stereocenters. The molecule has 0 aromatic heterocycles. The summed E-state index contributed by atoms with van der Waals surface area (Å²) in [6.45, 7) is 11.3. The number of hydrogen-bond acceptors (Lipinski definition) is 2. The van der Waals surface area contributed by atoms with Gasteiger partial charge < -0.3 is 24.5 Å². The van der Waals surface area contributed by atoms with Gasteiger partial charge in [0, 0.05) is 32.7 Å². The Morgan fingerprint density at radius 3 is 1.50 bits per heavy atom. The van der Waals surface area contributed by atoms with Gasteiger partial charge in [0.1, 0.15) is 0 Å². The smallest absolute Gasteiger partial charge is 0 e. The zero-order chi connectivity index (χ0) is 8.36. The molecule has 0 heterocycles. The van der Waals surface area contributed by atoms with Crippen LogP contribution >= 0.6 is 0 Å². The molecule has 0 saturated carbocycles. The summed E-state index contributed by atoms with van der Waals surface area (Å²) in [5.41, 5.74) is 0. The second-order valence-corrected chi connectivity index (χ2v) is 2.56. The average Bonchev–Trinajstić information content (AvgIpc) is 2.03. The third-order valence-electron chi connectivity index (χ3n) is 1.56. The average molecular weight is 245 g/mol. The van der Waals surface area contributed by atoms with E-state index in [1.54, 1.807) is 0 Å². The molecule has 71 valence electrons. The van der Waals surface area contributed by atoms with Crippen molar-refractivity contribution in [3.05, 3.63) is 13.8 Å². The minimum atomic E-state index is 0. The summed E-state index contributed by atoms with van der Waals surface area (Å²) in [6.07, 6.45) is 3.81. The first-order valence-electron chi connectivity index (χ1n) is 4.41. The first-order chi connectivity index (χ1) is 5.41. The molecule has 0 fully saturated rings. The van der Waals surface area contributed by atoms with Gasteiger partial charge in [0.25, 0.3) is 0 Å². The summed E-state index contributed by atoms with van der Waals surface area (Å²) >= 11 is 0. The van der Waals surface area contributed by atoms with Crippen molar-refractivity contribution in [3.8, 4) is 0 Å². The molecular formula is C9H20N2Y-2. The van der Waals surface area contributed by atoms with Crippen LogP contribution in [0.25, 0.3) is 0 Å². The van der Waals surface area contributed by atoms with Crippen molar-refractivity contribution in [1.29, 1.82) is 0 Å². The fraction of sp³-hybridized carbons (Fsp3) is 0.778. The largest absolute Gasteiger partial charge is 0.346 e. The quantitative estimate of drug-likeness (QED) is 0.492. The van der Waals surface area contributed by atoms with Crippen molar-refractivity contribution >= 4 is 0 Å². The van der Waals surface area contributed by atoms with Crippen LogP contribution in [-0.4, -0.2) is 26.2 Å². The van der Waals surface area contributed by atoms with Gasteiger partial charge in [-0.2, -0.15) is 0 Å². The molecule has 0 atom stereocenters. The zero-order valence-corrected chi connectivity index (χ0v) is 10.8. The second kappa shape index (κ2) is 14.5. The van der Waals surface area contributed by atoms with E-state index >= 15 is 0 Å². The van der Waals surface area contributed by atoms with Gasteiger partial charge in [0.05, 0.1) is 0 Å². The van der Waals surface area contributed by atoms with Crippen LogP contribution in [0.3, 0.4) is 0 Å². The van der Waals surface area contributed by atoms with Gasteiger partial charge >= 0.3 is 0 Å². The molecule has 0 aliphatic carbocycles. The van der Waals surface area contributed by atoms with E-state index in [1.165, 1.54) is 19.3 Å². The summed E-state index contributed by atoms with van der Waals surface area (Å²) in [4.78, 5) is 0. The van der Waals surface area contributed by atoms with Crippen molar-refractivity contribution in [1.82, 2.24) is 10.6 Å². The van der Waals surface area contributed by atoms with Crippen LogP contribution < -0.4 is 10.6 Å². The van der Waals surface area contributed by atoms with Crippen molar-refractivity contribution in [2.45, 2.75) is 19.3 Å². The Hall–Kier alpha value is 1.02. The summed E-state index contributed by atoms with van der Waals surface area (Å²) < 4.78 is 0. The summed E-state index contributed by atoms with van der Waals surface area (Å²) in [7, 11) is 0. The van der Waals surface area contributed by atoms with Crippen LogP contribution in [0, 0.1) is 13.8 Å². The molecular weight excluding hydrogens is 225 g/mol.